The van der Waals surface area contributed by atoms with Crippen molar-refractivity contribution in [1.82, 2.24) is 20.1 Å². The fourth-order valence-corrected chi connectivity index (χ4v) is 3.92. The lowest BCUT2D eigenvalue weighted by Crippen LogP contribution is -2.26. The molecule has 2 aromatic heterocycles. The normalized spacial score (nSPS) is 12.1. The minimum Gasteiger partial charge on any atom is -0.497 e. The van der Waals surface area contributed by atoms with E-state index in [0.717, 1.165) is 5.56 Å². The highest BCUT2D eigenvalue weighted by Crippen LogP contribution is 2.23. The Hall–Kier alpha value is -4.39. The van der Waals surface area contributed by atoms with E-state index in [4.69, 9.17) is 4.74 Å². The third kappa shape index (κ3) is 3.74. The average Bonchev–Trinajstić information content (AvgIpc) is 3.21. The second-order valence-corrected chi connectivity index (χ2v) is 7.84. The van der Waals surface area contributed by atoms with Crippen LogP contribution < -0.4 is 15.6 Å². The summed E-state index contributed by atoms with van der Waals surface area (Å²) in [6.45, 7) is 1.94. The number of ether oxygens (including phenoxy) is 1. The lowest BCUT2D eigenvalue weighted by atomic mass is 10.1. The van der Waals surface area contributed by atoms with Crippen LogP contribution in [0.4, 0.5) is 0 Å². The maximum atomic E-state index is 13.0. The third-order valence-corrected chi connectivity index (χ3v) is 5.77. The van der Waals surface area contributed by atoms with Crippen LogP contribution in [0.3, 0.4) is 0 Å². The maximum absolute atomic E-state index is 13.0. The molecule has 1 atom stereocenters. The Labute approximate surface area is 189 Å². The van der Waals surface area contributed by atoms with Gasteiger partial charge in [0, 0.05) is 17.1 Å². The zero-order chi connectivity index (χ0) is 22.9. The smallest absolute Gasteiger partial charge is 0.280 e. The summed E-state index contributed by atoms with van der Waals surface area (Å²) in [5.74, 6) is 0.512. The number of carbonyl (C=O) groups excluding carboxylic acids is 1. The van der Waals surface area contributed by atoms with E-state index < -0.39 is 0 Å². The van der Waals surface area contributed by atoms with E-state index in [-0.39, 0.29) is 17.5 Å². The van der Waals surface area contributed by atoms with Crippen LogP contribution in [0, 0.1) is 0 Å². The average molecular weight is 438 g/mol. The number of aromatic amines is 1. The van der Waals surface area contributed by atoms with Crippen molar-refractivity contribution in [2.75, 3.05) is 7.11 Å². The number of hydrogen-bond acceptors (Lipinski definition) is 4. The first-order chi connectivity index (χ1) is 16.0. The highest BCUT2D eigenvalue weighted by atomic mass is 16.5. The number of rotatable bonds is 5. The van der Waals surface area contributed by atoms with Crippen LogP contribution in [0.15, 0.2) is 83.8 Å². The maximum Gasteiger partial charge on any atom is 0.280 e. The first kappa shape index (κ1) is 20.5. The summed E-state index contributed by atoms with van der Waals surface area (Å²) in [6.07, 6.45) is 1.56. The van der Waals surface area contributed by atoms with Crippen molar-refractivity contribution in [3.8, 4) is 11.4 Å². The van der Waals surface area contributed by atoms with E-state index >= 15 is 0 Å². The van der Waals surface area contributed by atoms with Gasteiger partial charge in [-0.15, -0.1) is 0 Å². The van der Waals surface area contributed by atoms with Gasteiger partial charge in [-0.2, -0.15) is 0 Å². The number of methoxy groups -OCH3 is 1. The van der Waals surface area contributed by atoms with E-state index in [1.807, 2.05) is 37.3 Å². The van der Waals surface area contributed by atoms with Crippen LogP contribution in [-0.4, -0.2) is 27.8 Å². The molecule has 7 nitrogen and oxygen atoms in total. The highest BCUT2D eigenvalue weighted by Gasteiger charge is 2.16. The van der Waals surface area contributed by atoms with Gasteiger partial charge >= 0.3 is 0 Å². The minimum atomic E-state index is -0.211. The van der Waals surface area contributed by atoms with Crippen LogP contribution in [-0.2, 0) is 0 Å². The summed E-state index contributed by atoms with van der Waals surface area (Å²) < 4.78 is 6.67. The van der Waals surface area contributed by atoms with Crippen molar-refractivity contribution in [1.29, 1.82) is 0 Å². The van der Waals surface area contributed by atoms with Gasteiger partial charge in [0.1, 0.15) is 5.75 Å². The van der Waals surface area contributed by atoms with Crippen molar-refractivity contribution in [3.05, 3.63) is 100 Å². The van der Waals surface area contributed by atoms with E-state index in [2.05, 4.69) is 15.4 Å². The second-order valence-electron chi connectivity index (χ2n) is 7.84. The molecule has 3 aromatic carbocycles. The fraction of sp³-hybridized carbons (Fsp3) is 0.115. The molecular formula is C26H22N4O3. The number of carbonyl (C=O) groups is 1. The summed E-state index contributed by atoms with van der Waals surface area (Å²) >= 11 is 0. The molecule has 0 unspecified atom stereocenters. The van der Waals surface area contributed by atoms with E-state index in [1.165, 1.54) is 4.68 Å². The van der Waals surface area contributed by atoms with Gasteiger partial charge in [0.2, 0.25) is 0 Å². The quantitative estimate of drug-likeness (QED) is 0.427. The summed E-state index contributed by atoms with van der Waals surface area (Å²) in [4.78, 5) is 30.4. The largest absolute Gasteiger partial charge is 0.497 e. The molecule has 2 heterocycles. The van der Waals surface area contributed by atoms with Crippen molar-refractivity contribution in [3.63, 3.8) is 0 Å². The lowest BCUT2D eigenvalue weighted by Gasteiger charge is -2.14. The van der Waals surface area contributed by atoms with Crippen molar-refractivity contribution in [2.24, 2.45) is 0 Å². The number of hydrogen-bond donors (Lipinski definition) is 2. The molecule has 0 aliphatic heterocycles. The first-order valence-corrected chi connectivity index (χ1v) is 10.6. The molecule has 0 spiro atoms. The van der Waals surface area contributed by atoms with E-state index in [0.29, 0.717) is 38.8 Å². The number of amides is 1. The summed E-state index contributed by atoms with van der Waals surface area (Å²) in [7, 11) is 1.59. The van der Waals surface area contributed by atoms with Crippen LogP contribution in [0.5, 0.6) is 5.75 Å². The molecule has 2 N–H and O–H groups in total. The molecule has 164 valence electrons. The molecule has 5 aromatic rings. The number of nitrogens with one attached hydrogen (secondary N) is 2. The van der Waals surface area contributed by atoms with Gasteiger partial charge in [-0.25, -0.2) is 4.68 Å². The van der Waals surface area contributed by atoms with Gasteiger partial charge in [-0.05, 0) is 55.0 Å². The standard InChI is InChI=1S/C26H22N4O3/c1-16(17-6-4-3-5-7-17)28-25(31)18-8-13-23-21(14-18)24-22(15-27-23)26(32)30(29-24)19-9-11-20(33-2)12-10-19/h3-16,29H,1-2H3,(H,28,31)/t16-/m0/s1. The molecule has 0 fully saturated rings. The topological polar surface area (TPSA) is 89.0 Å². The third-order valence-electron chi connectivity index (χ3n) is 5.77. The zero-order valence-electron chi connectivity index (χ0n) is 18.2. The van der Waals surface area contributed by atoms with Crippen LogP contribution in [0.25, 0.3) is 27.5 Å². The highest BCUT2D eigenvalue weighted by molar-refractivity contribution is 6.06. The van der Waals surface area contributed by atoms with E-state index in [1.54, 1.807) is 55.8 Å². The predicted octanol–water partition coefficient (Wildman–Crippen LogP) is 4.37. The van der Waals surface area contributed by atoms with Gasteiger partial charge in [0.05, 0.1) is 35.3 Å². The molecule has 33 heavy (non-hydrogen) atoms. The zero-order valence-corrected chi connectivity index (χ0v) is 18.2. The minimum absolute atomic E-state index is 0.140. The summed E-state index contributed by atoms with van der Waals surface area (Å²) in [5.41, 5.74) is 3.31. The molecule has 0 saturated heterocycles. The Kier molecular flexibility index (Phi) is 5.14. The Balaban J connectivity index is 1.54. The number of fused-ring (bicyclic) bond motifs is 3. The number of nitrogens with zero attached hydrogens (tertiary/aromatic N) is 2. The fourth-order valence-electron chi connectivity index (χ4n) is 3.92. The van der Waals surface area contributed by atoms with Crippen LogP contribution in [0.1, 0.15) is 28.9 Å². The van der Waals surface area contributed by atoms with Gasteiger partial charge in [-0.3, -0.25) is 19.7 Å². The van der Waals surface area contributed by atoms with Crippen molar-refractivity contribution >= 4 is 27.7 Å². The van der Waals surface area contributed by atoms with Crippen LogP contribution >= 0.6 is 0 Å². The number of H-pyrrole nitrogens is 1. The summed E-state index contributed by atoms with van der Waals surface area (Å²) in [6, 6.07) is 22.1. The molecule has 0 radical (unpaired) electrons. The number of aromatic nitrogens is 3. The van der Waals surface area contributed by atoms with E-state index in [9.17, 15) is 9.59 Å². The molecule has 0 aliphatic carbocycles. The van der Waals surface area contributed by atoms with Gasteiger partial charge < -0.3 is 10.1 Å². The van der Waals surface area contributed by atoms with Gasteiger partial charge in [-0.1, -0.05) is 30.3 Å². The Morgan fingerprint density at radius 1 is 1.03 bits per heavy atom. The molecule has 0 bridgehead atoms. The van der Waals surface area contributed by atoms with Gasteiger partial charge in [0.15, 0.2) is 0 Å². The first-order valence-electron chi connectivity index (χ1n) is 10.6. The predicted molar refractivity (Wildman–Crippen MR) is 128 cm³/mol. The van der Waals surface area contributed by atoms with Crippen molar-refractivity contribution < 1.29 is 9.53 Å². The molecule has 7 heteroatoms. The molecule has 0 saturated carbocycles. The van der Waals surface area contributed by atoms with Crippen molar-refractivity contribution in [2.45, 2.75) is 13.0 Å². The lowest BCUT2D eigenvalue weighted by molar-refractivity contribution is 0.0940. The number of pyridine rings is 1. The van der Waals surface area contributed by atoms with Crippen LogP contribution in [0.2, 0.25) is 0 Å². The molecule has 0 aliphatic rings. The second kappa shape index (κ2) is 8.27. The molecule has 5 rings (SSSR count). The molecular weight excluding hydrogens is 416 g/mol. The monoisotopic (exact) mass is 438 g/mol. The molecule has 1 amide bonds. The SMILES string of the molecule is COc1ccc(-n2[nH]c3c(cnc4ccc(C(=O)N[C@@H](C)c5ccccc5)cc43)c2=O)cc1. The van der Waals surface area contributed by atoms with Gasteiger partial charge in [0.25, 0.3) is 11.5 Å². The summed E-state index contributed by atoms with van der Waals surface area (Å²) in [5, 5.41) is 7.37. The Morgan fingerprint density at radius 3 is 2.52 bits per heavy atom. The Bertz CT molecular complexity index is 1520. The Morgan fingerprint density at radius 2 is 1.79 bits per heavy atom. The number of benzene rings is 3.